The smallest absolute Gasteiger partial charge is 0.309 e. The monoisotopic (exact) mass is 283 g/mol. The van der Waals surface area contributed by atoms with Crippen LogP contribution >= 0.6 is 0 Å². The molecule has 2 amide bonds. The fourth-order valence-corrected chi connectivity index (χ4v) is 1.51. The Morgan fingerprint density at radius 2 is 1.95 bits per heavy atom. The molecule has 0 unspecified atom stereocenters. The van der Waals surface area contributed by atoms with Crippen LogP contribution in [-0.4, -0.2) is 55.6 Å². The first kappa shape index (κ1) is 16.2. The molecule has 112 valence electrons. The summed E-state index contributed by atoms with van der Waals surface area (Å²) in [5.41, 5.74) is 0.648. The van der Waals surface area contributed by atoms with Gasteiger partial charge in [-0.1, -0.05) is 0 Å². The third kappa shape index (κ3) is 5.85. The topological polar surface area (TPSA) is 94.8 Å². The SMILES string of the molecule is CN(C)CCNC(=O)C(=O)NCC[C@H](O)c1ccoc1. The molecule has 1 atom stereocenters. The minimum Gasteiger partial charge on any atom is -0.472 e. The van der Waals surface area contributed by atoms with Gasteiger partial charge in [0, 0.05) is 25.2 Å². The van der Waals surface area contributed by atoms with Crippen molar-refractivity contribution in [2.45, 2.75) is 12.5 Å². The van der Waals surface area contributed by atoms with Gasteiger partial charge >= 0.3 is 11.8 Å². The van der Waals surface area contributed by atoms with E-state index in [4.69, 9.17) is 4.42 Å². The molecule has 1 heterocycles. The van der Waals surface area contributed by atoms with Crippen LogP contribution in [0.1, 0.15) is 18.1 Å². The molecular formula is C13H21N3O4. The second-order valence-electron chi connectivity index (χ2n) is 4.68. The minimum absolute atomic E-state index is 0.215. The summed E-state index contributed by atoms with van der Waals surface area (Å²) in [6.45, 7) is 1.29. The van der Waals surface area contributed by atoms with E-state index in [9.17, 15) is 14.7 Å². The number of likely N-dealkylation sites (N-methyl/N-ethyl adjacent to an activating group) is 1. The van der Waals surface area contributed by atoms with E-state index in [2.05, 4.69) is 10.6 Å². The maximum atomic E-state index is 11.4. The van der Waals surface area contributed by atoms with E-state index in [0.717, 1.165) is 0 Å². The quantitative estimate of drug-likeness (QED) is 0.586. The van der Waals surface area contributed by atoms with Gasteiger partial charge in [-0.05, 0) is 26.6 Å². The zero-order valence-electron chi connectivity index (χ0n) is 11.8. The molecule has 0 saturated heterocycles. The predicted molar refractivity (Wildman–Crippen MR) is 72.9 cm³/mol. The van der Waals surface area contributed by atoms with Crippen LogP contribution in [0.25, 0.3) is 0 Å². The second-order valence-corrected chi connectivity index (χ2v) is 4.68. The van der Waals surface area contributed by atoms with Crippen molar-refractivity contribution in [3.8, 4) is 0 Å². The van der Waals surface area contributed by atoms with Gasteiger partial charge in [-0.15, -0.1) is 0 Å². The van der Waals surface area contributed by atoms with Crippen LogP contribution in [0.4, 0.5) is 0 Å². The van der Waals surface area contributed by atoms with E-state index in [1.54, 1.807) is 6.07 Å². The number of aliphatic hydroxyl groups is 1. The van der Waals surface area contributed by atoms with Crippen molar-refractivity contribution in [2.24, 2.45) is 0 Å². The van der Waals surface area contributed by atoms with Gasteiger partial charge in [0.25, 0.3) is 0 Å². The molecule has 1 aromatic rings. The van der Waals surface area contributed by atoms with Gasteiger partial charge in [0.15, 0.2) is 0 Å². The molecule has 0 radical (unpaired) electrons. The van der Waals surface area contributed by atoms with Crippen molar-refractivity contribution in [1.82, 2.24) is 15.5 Å². The maximum Gasteiger partial charge on any atom is 0.309 e. The molecule has 0 saturated carbocycles. The molecule has 0 aliphatic rings. The molecule has 20 heavy (non-hydrogen) atoms. The van der Waals surface area contributed by atoms with Crippen LogP contribution < -0.4 is 10.6 Å². The second kappa shape index (κ2) is 8.34. The summed E-state index contributed by atoms with van der Waals surface area (Å²) in [5.74, 6) is -1.35. The highest BCUT2D eigenvalue weighted by molar-refractivity contribution is 6.35. The van der Waals surface area contributed by atoms with E-state index < -0.39 is 17.9 Å². The third-order valence-corrected chi connectivity index (χ3v) is 2.68. The van der Waals surface area contributed by atoms with Crippen molar-refractivity contribution < 1.29 is 19.1 Å². The largest absolute Gasteiger partial charge is 0.472 e. The van der Waals surface area contributed by atoms with E-state index >= 15 is 0 Å². The van der Waals surface area contributed by atoms with Crippen molar-refractivity contribution in [2.75, 3.05) is 33.7 Å². The molecule has 1 rings (SSSR count). The van der Waals surface area contributed by atoms with E-state index in [1.807, 2.05) is 19.0 Å². The van der Waals surface area contributed by atoms with Crippen molar-refractivity contribution in [1.29, 1.82) is 0 Å². The summed E-state index contributed by atoms with van der Waals surface area (Å²) in [6, 6.07) is 1.65. The van der Waals surface area contributed by atoms with Crippen LogP contribution in [0, 0.1) is 0 Å². The third-order valence-electron chi connectivity index (χ3n) is 2.68. The number of hydrogen-bond acceptors (Lipinski definition) is 5. The minimum atomic E-state index is -0.717. The molecule has 3 N–H and O–H groups in total. The van der Waals surface area contributed by atoms with Crippen LogP contribution in [0.5, 0.6) is 0 Å². The van der Waals surface area contributed by atoms with Crippen LogP contribution in [0.2, 0.25) is 0 Å². The van der Waals surface area contributed by atoms with Gasteiger partial charge in [-0.25, -0.2) is 0 Å². The molecule has 7 heteroatoms. The number of nitrogens with zero attached hydrogens (tertiary/aromatic N) is 1. The zero-order valence-corrected chi connectivity index (χ0v) is 11.8. The lowest BCUT2D eigenvalue weighted by Crippen LogP contribution is -2.42. The number of aliphatic hydroxyl groups excluding tert-OH is 1. The van der Waals surface area contributed by atoms with E-state index in [-0.39, 0.29) is 6.54 Å². The molecule has 1 aromatic heterocycles. The highest BCUT2D eigenvalue weighted by Crippen LogP contribution is 2.15. The van der Waals surface area contributed by atoms with Gasteiger partial charge in [-0.3, -0.25) is 9.59 Å². The Hall–Kier alpha value is -1.86. The van der Waals surface area contributed by atoms with Gasteiger partial charge in [-0.2, -0.15) is 0 Å². The van der Waals surface area contributed by atoms with Crippen LogP contribution in [0.3, 0.4) is 0 Å². The number of hydrogen-bond donors (Lipinski definition) is 3. The summed E-state index contributed by atoms with van der Waals surface area (Å²) >= 11 is 0. The van der Waals surface area contributed by atoms with Crippen molar-refractivity contribution in [3.63, 3.8) is 0 Å². The Labute approximate surface area is 117 Å². The summed E-state index contributed by atoms with van der Waals surface area (Å²) in [6.07, 6.45) is 2.51. The molecule has 0 bridgehead atoms. The molecule has 0 fully saturated rings. The standard InChI is InChI=1S/C13H21N3O4/c1-16(2)7-6-15-13(19)12(18)14-5-3-11(17)10-4-8-20-9-10/h4,8-9,11,17H,3,5-7H2,1-2H3,(H,14,18)(H,15,19)/t11-/m0/s1. The lowest BCUT2D eigenvalue weighted by atomic mass is 10.1. The fourth-order valence-electron chi connectivity index (χ4n) is 1.51. The van der Waals surface area contributed by atoms with E-state index in [1.165, 1.54) is 12.5 Å². The molecular weight excluding hydrogens is 262 g/mol. The molecule has 0 aliphatic carbocycles. The van der Waals surface area contributed by atoms with Crippen LogP contribution in [0.15, 0.2) is 23.0 Å². The van der Waals surface area contributed by atoms with Gasteiger partial charge in [0.1, 0.15) is 0 Å². The number of amides is 2. The number of carbonyl (C=O) groups excluding carboxylic acids is 2. The zero-order chi connectivity index (χ0) is 15.0. The molecule has 7 nitrogen and oxygen atoms in total. The summed E-state index contributed by atoms with van der Waals surface area (Å²) in [5, 5.41) is 14.7. The summed E-state index contributed by atoms with van der Waals surface area (Å²) < 4.78 is 4.85. The molecule has 0 aromatic carbocycles. The first-order valence-corrected chi connectivity index (χ1v) is 6.41. The summed E-state index contributed by atoms with van der Waals surface area (Å²) in [7, 11) is 3.76. The van der Waals surface area contributed by atoms with Crippen molar-refractivity contribution >= 4 is 11.8 Å². The van der Waals surface area contributed by atoms with Gasteiger partial charge in [0.05, 0.1) is 18.6 Å². The Kier molecular flexibility index (Phi) is 6.75. The number of nitrogens with one attached hydrogen (secondary N) is 2. The van der Waals surface area contributed by atoms with Gasteiger partial charge < -0.3 is 25.1 Å². The number of rotatable bonds is 7. The highest BCUT2D eigenvalue weighted by atomic mass is 16.3. The highest BCUT2D eigenvalue weighted by Gasteiger charge is 2.14. The first-order valence-electron chi connectivity index (χ1n) is 6.41. The van der Waals surface area contributed by atoms with Gasteiger partial charge in [0.2, 0.25) is 0 Å². The summed E-state index contributed by atoms with van der Waals surface area (Å²) in [4.78, 5) is 24.8. The Balaban J connectivity index is 2.17. The Morgan fingerprint density at radius 3 is 2.50 bits per heavy atom. The lowest BCUT2D eigenvalue weighted by Gasteiger charge is -2.11. The number of carbonyl (C=O) groups is 2. The fraction of sp³-hybridized carbons (Fsp3) is 0.538. The average Bonchev–Trinajstić information content (AvgIpc) is 2.91. The normalized spacial score (nSPS) is 12.2. The van der Waals surface area contributed by atoms with Crippen molar-refractivity contribution in [3.05, 3.63) is 24.2 Å². The molecule has 0 spiro atoms. The van der Waals surface area contributed by atoms with Crippen LogP contribution in [-0.2, 0) is 9.59 Å². The number of furan rings is 1. The molecule has 0 aliphatic heterocycles. The Bertz CT molecular complexity index is 417. The Morgan fingerprint density at radius 1 is 1.30 bits per heavy atom. The lowest BCUT2D eigenvalue weighted by molar-refractivity contribution is -0.139. The average molecular weight is 283 g/mol. The van der Waals surface area contributed by atoms with E-state index in [0.29, 0.717) is 25.1 Å². The maximum absolute atomic E-state index is 11.4. The first-order chi connectivity index (χ1) is 9.50. The predicted octanol–water partition coefficient (Wildman–Crippen LogP) is -0.503.